The second-order valence-corrected chi connectivity index (χ2v) is 8.64. The van der Waals surface area contributed by atoms with Crippen molar-refractivity contribution in [2.24, 2.45) is 0 Å². The van der Waals surface area contributed by atoms with E-state index in [0.717, 1.165) is 27.8 Å². The van der Waals surface area contributed by atoms with Crippen LogP contribution in [0.25, 0.3) is 22.5 Å². The average Bonchev–Trinajstić information content (AvgIpc) is 3.40. The molecule has 5 rings (SSSR count). The molecule has 1 unspecified atom stereocenters. The predicted octanol–water partition coefficient (Wildman–Crippen LogP) is 5.26. The molecule has 1 aliphatic carbocycles. The maximum absolute atomic E-state index is 12.6. The molecule has 3 aromatic carbocycles. The number of carbonyl (C=O) groups is 2. The number of hydrogen-bond acceptors (Lipinski definition) is 4. The van der Waals surface area contributed by atoms with Gasteiger partial charge in [-0.1, -0.05) is 90.5 Å². The van der Waals surface area contributed by atoms with Crippen molar-refractivity contribution in [1.29, 1.82) is 0 Å². The standard InChI is InChI=1S/C27H22ClN3O4/c28-24-22(29-25(31-24)16-8-2-1-3-9-16)14-23(26(32)33)30-27(34)35-15-21-19-12-6-4-10-17(19)18-11-5-7-13-20(18)21/h1-13,21,23H,14-15H2,(H,29,31)(H,30,34)(H,32,33). The number of benzene rings is 3. The molecule has 176 valence electrons. The monoisotopic (exact) mass is 487 g/mol. The number of carboxylic acid groups (broad SMARTS) is 1. The number of carbonyl (C=O) groups excluding carboxylic acids is 1. The molecule has 1 aromatic heterocycles. The minimum absolute atomic E-state index is 0.0712. The Morgan fingerprint density at radius 1 is 0.971 bits per heavy atom. The number of aromatic nitrogens is 2. The largest absolute Gasteiger partial charge is 0.480 e. The van der Waals surface area contributed by atoms with E-state index in [1.165, 1.54) is 0 Å². The summed E-state index contributed by atoms with van der Waals surface area (Å²) >= 11 is 6.24. The van der Waals surface area contributed by atoms with Gasteiger partial charge in [0.25, 0.3) is 0 Å². The van der Waals surface area contributed by atoms with Crippen molar-refractivity contribution < 1.29 is 19.4 Å². The molecule has 0 radical (unpaired) electrons. The zero-order valence-electron chi connectivity index (χ0n) is 18.6. The summed E-state index contributed by atoms with van der Waals surface area (Å²) in [5.74, 6) is -0.798. The third-order valence-corrected chi connectivity index (χ3v) is 6.43. The number of amides is 1. The lowest BCUT2D eigenvalue weighted by Gasteiger charge is -2.17. The zero-order chi connectivity index (χ0) is 24.4. The first-order valence-electron chi connectivity index (χ1n) is 11.2. The third-order valence-electron chi connectivity index (χ3n) is 6.12. The molecule has 0 saturated heterocycles. The highest BCUT2D eigenvalue weighted by molar-refractivity contribution is 6.30. The molecule has 0 spiro atoms. The Balaban J connectivity index is 1.26. The van der Waals surface area contributed by atoms with Crippen LogP contribution < -0.4 is 5.32 Å². The number of aromatic amines is 1. The number of H-pyrrole nitrogens is 1. The zero-order valence-corrected chi connectivity index (χ0v) is 19.3. The number of rotatable bonds is 7. The summed E-state index contributed by atoms with van der Waals surface area (Å²) in [6.45, 7) is 0.0924. The topological polar surface area (TPSA) is 104 Å². The van der Waals surface area contributed by atoms with Gasteiger partial charge < -0.3 is 20.1 Å². The number of alkyl carbamates (subject to hydrolysis) is 1. The molecule has 0 fully saturated rings. The highest BCUT2D eigenvalue weighted by Gasteiger charge is 2.30. The summed E-state index contributed by atoms with van der Waals surface area (Å²) in [4.78, 5) is 31.8. The number of fused-ring (bicyclic) bond motifs is 3. The Labute approximate surface area is 206 Å². The summed E-state index contributed by atoms with van der Waals surface area (Å²) in [5.41, 5.74) is 5.61. The average molecular weight is 488 g/mol. The first-order valence-corrected chi connectivity index (χ1v) is 11.5. The molecule has 0 saturated carbocycles. The van der Waals surface area contributed by atoms with E-state index in [-0.39, 0.29) is 24.1 Å². The van der Waals surface area contributed by atoms with E-state index in [1.807, 2.05) is 78.9 Å². The van der Waals surface area contributed by atoms with E-state index in [9.17, 15) is 14.7 Å². The number of halogens is 1. The number of ether oxygens (including phenoxy) is 1. The van der Waals surface area contributed by atoms with Crippen LogP contribution in [0.5, 0.6) is 0 Å². The van der Waals surface area contributed by atoms with Crippen molar-refractivity contribution in [3.8, 4) is 22.5 Å². The van der Waals surface area contributed by atoms with Crippen molar-refractivity contribution in [1.82, 2.24) is 15.3 Å². The van der Waals surface area contributed by atoms with E-state index in [1.54, 1.807) is 0 Å². The van der Waals surface area contributed by atoms with Gasteiger partial charge in [-0.2, -0.15) is 0 Å². The van der Waals surface area contributed by atoms with Crippen LogP contribution in [0.4, 0.5) is 4.79 Å². The van der Waals surface area contributed by atoms with E-state index < -0.39 is 18.1 Å². The summed E-state index contributed by atoms with van der Waals surface area (Å²) in [6.07, 6.45) is -0.878. The molecule has 1 heterocycles. The lowest BCUT2D eigenvalue weighted by atomic mass is 9.98. The van der Waals surface area contributed by atoms with Gasteiger partial charge in [-0.3, -0.25) is 0 Å². The van der Waals surface area contributed by atoms with Gasteiger partial charge in [0.1, 0.15) is 18.5 Å². The molecule has 35 heavy (non-hydrogen) atoms. The van der Waals surface area contributed by atoms with Crippen LogP contribution in [-0.2, 0) is 16.0 Å². The predicted molar refractivity (Wildman–Crippen MR) is 132 cm³/mol. The summed E-state index contributed by atoms with van der Waals surface area (Å²) in [5, 5.41) is 12.3. The quantitative estimate of drug-likeness (QED) is 0.329. The van der Waals surface area contributed by atoms with Gasteiger partial charge >= 0.3 is 12.1 Å². The molecule has 0 bridgehead atoms. The minimum Gasteiger partial charge on any atom is -0.480 e. The van der Waals surface area contributed by atoms with Gasteiger partial charge in [-0.25, -0.2) is 14.6 Å². The van der Waals surface area contributed by atoms with E-state index >= 15 is 0 Å². The summed E-state index contributed by atoms with van der Waals surface area (Å²) in [6, 6.07) is 24.1. The minimum atomic E-state index is -1.24. The first-order chi connectivity index (χ1) is 17.0. The molecule has 1 atom stereocenters. The molecular formula is C27H22ClN3O4. The number of imidazole rings is 1. The molecular weight excluding hydrogens is 466 g/mol. The number of hydrogen-bond donors (Lipinski definition) is 3. The number of aliphatic carboxylic acids is 1. The smallest absolute Gasteiger partial charge is 0.407 e. The van der Waals surface area contributed by atoms with Crippen molar-refractivity contribution >= 4 is 23.7 Å². The fraction of sp³-hybridized carbons (Fsp3) is 0.148. The van der Waals surface area contributed by atoms with Crippen LogP contribution in [0, 0.1) is 0 Å². The Morgan fingerprint density at radius 2 is 1.57 bits per heavy atom. The molecule has 3 N–H and O–H groups in total. The van der Waals surface area contributed by atoms with Crippen molar-refractivity contribution in [2.45, 2.75) is 18.4 Å². The fourth-order valence-corrected chi connectivity index (χ4v) is 4.65. The molecule has 1 amide bonds. The SMILES string of the molecule is O=C(NC(Cc1[nH]c(-c2ccccc2)nc1Cl)C(=O)O)OCC1c2ccccc2-c2ccccc21. The van der Waals surface area contributed by atoms with E-state index in [2.05, 4.69) is 15.3 Å². The van der Waals surface area contributed by atoms with Gasteiger partial charge in [0.15, 0.2) is 5.15 Å². The van der Waals surface area contributed by atoms with Crippen LogP contribution in [0.2, 0.25) is 5.15 Å². The first kappa shape index (κ1) is 22.7. The number of nitrogens with zero attached hydrogens (tertiary/aromatic N) is 1. The highest BCUT2D eigenvalue weighted by Crippen LogP contribution is 2.44. The Morgan fingerprint density at radius 3 is 2.20 bits per heavy atom. The van der Waals surface area contributed by atoms with Gasteiger partial charge in [0.2, 0.25) is 0 Å². The Bertz CT molecular complexity index is 1340. The molecule has 0 aliphatic heterocycles. The van der Waals surface area contributed by atoms with Crippen molar-refractivity contribution in [3.05, 3.63) is 101 Å². The van der Waals surface area contributed by atoms with Gasteiger partial charge in [0.05, 0.1) is 5.69 Å². The maximum Gasteiger partial charge on any atom is 0.407 e. The van der Waals surface area contributed by atoms with Crippen LogP contribution in [0.1, 0.15) is 22.7 Å². The Kier molecular flexibility index (Phi) is 6.25. The second kappa shape index (κ2) is 9.64. The van der Waals surface area contributed by atoms with Gasteiger partial charge in [-0.05, 0) is 22.3 Å². The van der Waals surface area contributed by atoms with E-state index in [4.69, 9.17) is 16.3 Å². The Hall–Kier alpha value is -4.10. The maximum atomic E-state index is 12.6. The fourth-order valence-electron chi connectivity index (χ4n) is 4.44. The van der Waals surface area contributed by atoms with Crippen LogP contribution in [0.15, 0.2) is 78.9 Å². The van der Waals surface area contributed by atoms with Crippen LogP contribution >= 0.6 is 11.6 Å². The molecule has 7 nitrogen and oxygen atoms in total. The lowest BCUT2D eigenvalue weighted by molar-refractivity contribution is -0.139. The van der Waals surface area contributed by atoms with Crippen LogP contribution in [-0.4, -0.2) is 39.8 Å². The van der Waals surface area contributed by atoms with Gasteiger partial charge in [0, 0.05) is 17.9 Å². The lowest BCUT2D eigenvalue weighted by Crippen LogP contribution is -2.43. The molecule has 4 aromatic rings. The number of carboxylic acids is 1. The highest BCUT2D eigenvalue weighted by atomic mass is 35.5. The van der Waals surface area contributed by atoms with Gasteiger partial charge in [-0.15, -0.1) is 0 Å². The van der Waals surface area contributed by atoms with Crippen molar-refractivity contribution in [2.75, 3.05) is 6.61 Å². The number of nitrogens with one attached hydrogen (secondary N) is 2. The van der Waals surface area contributed by atoms with Crippen LogP contribution in [0.3, 0.4) is 0 Å². The second-order valence-electron chi connectivity index (χ2n) is 8.29. The molecule has 1 aliphatic rings. The summed E-state index contributed by atoms with van der Waals surface area (Å²) < 4.78 is 5.49. The molecule has 8 heteroatoms. The summed E-state index contributed by atoms with van der Waals surface area (Å²) in [7, 11) is 0. The normalized spacial score (nSPS) is 13.1. The third kappa shape index (κ3) is 4.63. The van der Waals surface area contributed by atoms with Crippen molar-refractivity contribution in [3.63, 3.8) is 0 Å². The van der Waals surface area contributed by atoms with E-state index in [0.29, 0.717) is 11.5 Å².